The van der Waals surface area contributed by atoms with Crippen molar-refractivity contribution in [2.24, 2.45) is 23.4 Å². The SMILES string of the molecule is CCc1nn(C)c(CC)c1CNC(=NC)NC1C2CCOC2C1(C)C.I. The summed E-state index contributed by atoms with van der Waals surface area (Å²) in [6, 6.07) is 0.413. The standard InChI is InChI=1S/C19H33N5O.HI/c1-7-14-13(15(8-2)24(6)23-14)11-21-18(20-5)22-16-12-9-10-25-17(12)19(16,3)4;/h12,16-17H,7-11H2,1-6H3,(H2,20,21,22);1H. The van der Waals surface area contributed by atoms with Gasteiger partial charge < -0.3 is 15.4 Å². The minimum Gasteiger partial charge on any atom is -0.377 e. The third kappa shape index (κ3) is 3.61. The van der Waals surface area contributed by atoms with Crippen molar-refractivity contribution in [1.29, 1.82) is 0 Å². The van der Waals surface area contributed by atoms with Gasteiger partial charge in [0.15, 0.2) is 5.96 Å². The Kier molecular flexibility index (Phi) is 6.98. The molecule has 1 aliphatic heterocycles. The molecular weight excluding hydrogens is 441 g/mol. The predicted molar refractivity (Wildman–Crippen MR) is 116 cm³/mol. The van der Waals surface area contributed by atoms with E-state index in [-0.39, 0.29) is 29.4 Å². The van der Waals surface area contributed by atoms with Crippen molar-refractivity contribution in [1.82, 2.24) is 20.4 Å². The number of guanidine groups is 1. The number of aromatic nitrogens is 2. The summed E-state index contributed by atoms with van der Waals surface area (Å²) < 4.78 is 7.91. The van der Waals surface area contributed by atoms with Gasteiger partial charge >= 0.3 is 0 Å². The molecule has 2 fully saturated rings. The van der Waals surface area contributed by atoms with Gasteiger partial charge in [-0.2, -0.15) is 5.10 Å². The number of hydrogen-bond donors (Lipinski definition) is 2. The van der Waals surface area contributed by atoms with Crippen molar-refractivity contribution in [2.75, 3.05) is 13.7 Å². The fourth-order valence-electron chi connectivity index (χ4n) is 4.73. The Morgan fingerprint density at radius 2 is 2.08 bits per heavy atom. The van der Waals surface area contributed by atoms with Gasteiger partial charge in [0.05, 0.1) is 11.8 Å². The van der Waals surface area contributed by atoms with E-state index in [1.807, 2.05) is 18.8 Å². The Bertz CT molecular complexity index is 655. The van der Waals surface area contributed by atoms with E-state index in [1.54, 1.807) is 0 Å². The smallest absolute Gasteiger partial charge is 0.191 e. The van der Waals surface area contributed by atoms with E-state index in [1.165, 1.54) is 17.0 Å². The molecule has 2 aliphatic rings. The highest BCUT2D eigenvalue weighted by Gasteiger charge is 2.59. The highest BCUT2D eigenvalue weighted by molar-refractivity contribution is 14.0. The molecule has 2 heterocycles. The maximum absolute atomic E-state index is 5.89. The Labute approximate surface area is 174 Å². The van der Waals surface area contributed by atoms with Crippen molar-refractivity contribution < 1.29 is 4.74 Å². The van der Waals surface area contributed by atoms with Crippen molar-refractivity contribution >= 4 is 29.9 Å². The average Bonchev–Trinajstić information content (AvgIpc) is 3.17. The van der Waals surface area contributed by atoms with Crippen LogP contribution in [0.2, 0.25) is 0 Å². The van der Waals surface area contributed by atoms with Crippen LogP contribution >= 0.6 is 24.0 Å². The number of rotatable bonds is 5. The number of nitrogens with zero attached hydrogens (tertiary/aromatic N) is 3. The van der Waals surface area contributed by atoms with Crippen molar-refractivity contribution in [2.45, 2.75) is 65.6 Å². The van der Waals surface area contributed by atoms with Crippen molar-refractivity contribution in [3.05, 3.63) is 17.0 Å². The molecule has 1 saturated carbocycles. The van der Waals surface area contributed by atoms with Crippen LogP contribution < -0.4 is 10.6 Å². The van der Waals surface area contributed by atoms with Gasteiger partial charge in [-0.25, -0.2) is 0 Å². The van der Waals surface area contributed by atoms with Crippen LogP contribution in [0.15, 0.2) is 4.99 Å². The summed E-state index contributed by atoms with van der Waals surface area (Å²) in [6.45, 7) is 10.6. The van der Waals surface area contributed by atoms with Crippen LogP contribution in [0.1, 0.15) is 51.1 Å². The van der Waals surface area contributed by atoms with Crippen LogP contribution in [-0.4, -0.2) is 41.5 Å². The monoisotopic (exact) mass is 475 g/mol. The molecule has 0 aromatic carbocycles. The Morgan fingerprint density at radius 3 is 2.69 bits per heavy atom. The minimum atomic E-state index is 0. The number of nitrogens with one attached hydrogen (secondary N) is 2. The number of hydrogen-bond acceptors (Lipinski definition) is 3. The van der Waals surface area contributed by atoms with E-state index in [4.69, 9.17) is 4.74 Å². The first kappa shape index (κ1) is 21.5. The first-order chi connectivity index (χ1) is 11.9. The minimum absolute atomic E-state index is 0. The lowest BCUT2D eigenvalue weighted by Crippen LogP contribution is -2.67. The topological polar surface area (TPSA) is 63.5 Å². The van der Waals surface area contributed by atoms with E-state index in [2.05, 4.69) is 48.4 Å². The van der Waals surface area contributed by atoms with Crippen LogP contribution in [0.3, 0.4) is 0 Å². The Morgan fingerprint density at radius 1 is 1.35 bits per heavy atom. The van der Waals surface area contributed by atoms with Gasteiger partial charge in [0.1, 0.15) is 0 Å². The quantitative estimate of drug-likeness (QED) is 0.391. The largest absolute Gasteiger partial charge is 0.377 e. The average molecular weight is 475 g/mol. The first-order valence-electron chi connectivity index (χ1n) is 9.56. The number of aliphatic imine (C=N–C) groups is 1. The summed E-state index contributed by atoms with van der Waals surface area (Å²) in [5.74, 6) is 1.47. The molecule has 0 amide bonds. The van der Waals surface area contributed by atoms with Crippen LogP contribution in [0.4, 0.5) is 0 Å². The van der Waals surface area contributed by atoms with Crippen LogP contribution in [0.25, 0.3) is 0 Å². The van der Waals surface area contributed by atoms with Crippen molar-refractivity contribution in [3.8, 4) is 0 Å². The third-order valence-corrected chi connectivity index (χ3v) is 6.08. The molecule has 1 saturated heterocycles. The van der Waals surface area contributed by atoms with Gasteiger partial charge in [-0.05, 0) is 19.3 Å². The molecule has 3 unspecified atom stereocenters. The number of ether oxygens (including phenoxy) is 1. The number of aryl methyl sites for hydroxylation is 2. The van der Waals surface area contributed by atoms with Crippen LogP contribution in [0, 0.1) is 11.3 Å². The van der Waals surface area contributed by atoms with E-state index >= 15 is 0 Å². The highest BCUT2D eigenvalue weighted by Crippen LogP contribution is 2.52. The summed E-state index contributed by atoms with van der Waals surface area (Å²) in [5.41, 5.74) is 3.94. The normalized spacial score (nSPS) is 26.7. The fourth-order valence-corrected chi connectivity index (χ4v) is 4.73. The second-order valence-corrected chi connectivity index (χ2v) is 7.82. The lowest BCUT2D eigenvalue weighted by atomic mass is 9.57. The summed E-state index contributed by atoms with van der Waals surface area (Å²) in [7, 11) is 3.88. The lowest BCUT2D eigenvalue weighted by Gasteiger charge is -2.54. The maximum Gasteiger partial charge on any atom is 0.191 e. The third-order valence-electron chi connectivity index (χ3n) is 6.08. The molecule has 1 aromatic heterocycles. The van der Waals surface area contributed by atoms with E-state index in [0.717, 1.165) is 38.4 Å². The van der Waals surface area contributed by atoms with Crippen LogP contribution in [-0.2, 0) is 31.2 Å². The molecule has 6 nitrogen and oxygen atoms in total. The second-order valence-electron chi connectivity index (χ2n) is 7.82. The van der Waals surface area contributed by atoms with E-state index in [0.29, 0.717) is 18.1 Å². The molecule has 7 heteroatoms. The molecule has 0 spiro atoms. The molecule has 3 rings (SSSR count). The molecule has 0 radical (unpaired) electrons. The summed E-state index contributed by atoms with van der Waals surface area (Å²) in [5, 5.41) is 11.8. The summed E-state index contributed by atoms with van der Waals surface area (Å²) in [4.78, 5) is 4.45. The van der Waals surface area contributed by atoms with Crippen LogP contribution in [0.5, 0.6) is 0 Å². The molecule has 3 atom stereocenters. The van der Waals surface area contributed by atoms with Gasteiger partial charge in [0.2, 0.25) is 0 Å². The molecule has 0 bridgehead atoms. The van der Waals surface area contributed by atoms with Gasteiger partial charge in [0, 0.05) is 55.9 Å². The van der Waals surface area contributed by atoms with E-state index < -0.39 is 0 Å². The molecule has 148 valence electrons. The zero-order valence-corrected chi connectivity index (χ0v) is 19.3. The molecule has 2 N–H and O–H groups in total. The zero-order valence-electron chi connectivity index (χ0n) is 16.9. The number of halogens is 1. The second kappa shape index (κ2) is 8.46. The Balaban J connectivity index is 0.00000243. The zero-order chi connectivity index (χ0) is 18.2. The number of fused-ring (bicyclic) bond motifs is 1. The predicted octanol–water partition coefficient (Wildman–Crippen LogP) is 2.64. The molecule has 26 heavy (non-hydrogen) atoms. The summed E-state index contributed by atoms with van der Waals surface area (Å²) in [6.07, 6.45) is 3.47. The van der Waals surface area contributed by atoms with Crippen molar-refractivity contribution in [3.63, 3.8) is 0 Å². The van der Waals surface area contributed by atoms with E-state index in [9.17, 15) is 0 Å². The maximum atomic E-state index is 5.89. The summed E-state index contributed by atoms with van der Waals surface area (Å²) >= 11 is 0. The van der Waals surface area contributed by atoms with Gasteiger partial charge in [-0.15, -0.1) is 24.0 Å². The highest BCUT2D eigenvalue weighted by atomic mass is 127. The van der Waals surface area contributed by atoms with Gasteiger partial charge in [0.25, 0.3) is 0 Å². The van der Waals surface area contributed by atoms with Gasteiger partial charge in [-0.1, -0.05) is 27.7 Å². The molecule has 1 aliphatic carbocycles. The molecular formula is C19H34IN5O. The Hall–Kier alpha value is -0.830. The fraction of sp³-hybridized carbons (Fsp3) is 0.789. The van der Waals surface area contributed by atoms with Gasteiger partial charge in [-0.3, -0.25) is 9.67 Å². The first-order valence-corrected chi connectivity index (χ1v) is 9.56. The lowest BCUT2D eigenvalue weighted by molar-refractivity contribution is -0.106. The molecule has 1 aromatic rings.